The number of aromatic nitrogens is 1. The van der Waals surface area contributed by atoms with Gasteiger partial charge in [-0.25, -0.2) is 4.98 Å². The smallest absolute Gasteiger partial charge is 0.305 e. The molecule has 0 aliphatic rings. The molecule has 7 heteroatoms. The lowest BCUT2D eigenvalue weighted by Crippen LogP contribution is -2.44. The Bertz CT molecular complexity index is 491. The van der Waals surface area contributed by atoms with Crippen LogP contribution >= 0.6 is 11.6 Å². The summed E-state index contributed by atoms with van der Waals surface area (Å²) in [6.07, 6.45) is 1.42. The minimum absolute atomic E-state index is 0.0454. The number of amides is 1. The summed E-state index contributed by atoms with van der Waals surface area (Å²) in [5, 5.41) is 12.1. The number of carboxylic acids is 1. The molecular formula is C14H20ClN3O3. The number of likely N-dealkylation sites (N-methyl/N-ethyl adjacent to an activating group) is 1. The number of aliphatic carboxylic acids is 1. The number of nitrogens with one attached hydrogen (secondary N) is 1. The fraction of sp³-hybridized carbons (Fsp3) is 0.500. The Hall–Kier alpha value is -1.82. The van der Waals surface area contributed by atoms with Crippen molar-refractivity contribution >= 4 is 29.3 Å². The minimum atomic E-state index is -0.929. The van der Waals surface area contributed by atoms with E-state index in [2.05, 4.69) is 10.3 Å². The number of pyridine rings is 1. The third-order valence-corrected chi connectivity index (χ3v) is 3.25. The summed E-state index contributed by atoms with van der Waals surface area (Å²) in [5.41, 5.74) is 0. The van der Waals surface area contributed by atoms with Crippen molar-refractivity contribution in [1.29, 1.82) is 0 Å². The first-order valence-corrected chi connectivity index (χ1v) is 7.01. The molecule has 1 atom stereocenters. The number of nitrogens with zero attached hydrogens (tertiary/aromatic N) is 2. The van der Waals surface area contributed by atoms with Gasteiger partial charge in [-0.15, -0.1) is 0 Å². The highest BCUT2D eigenvalue weighted by Crippen LogP contribution is 2.13. The van der Waals surface area contributed by atoms with Crippen LogP contribution in [0.2, 0.25) is 5.02 Å². The van der Waals surface area contributed by atoms with E-state index in [9.17, 15) is 9.59 Å². The second-order valence-electron chi connectivity index (χ2n) is 5.21. The minimum Gasteiger partial charge on any atom is -0.481 e. The number of halogens is 1. The molecule has 116 valence electrons. The fourth-order valence-electron chi connectivity index (χ4n) is 1.78. The van der Waals surface area contributed by atoms with Gasteiger partial charge in [-0.05, 0) is 18.1 Å². The molecule has 1 rings (SSSR count). The van der Waals surface area contributed by atoms with Crippen molar-refractivity contribution < 1.29 is 14.7 Å². The van der Waals surface area contributed by atoms with Gasteiger partial charge in [-0.1, -0.05) is 25.4 Å². The standard InChI is InChI=1S/C14H20ClN3O3/c1-9(2)11(6-14(20)21)17-13(19)8-18(3)12-5-4-10(15)7-16-12/h4-5,7,9,11H,6,8H2,1-3H3,(H,17,19)(H,20,21). The van der Waals surface area contributed by atoms with Gasteiger partial charge in [-0.3, -0.25) is 9.59 Å². The average Bonchev–Trinajstić information content (AvgIpc) is 2.37. The van der Waals surface area contributed by atoms with E-state index in [1.165, 1.54) is 6.20 Å². The molecule has 0 radical (unpaired) electrons. The number of anilines is 1. The van der Waals surface area contributed by atoms with Crippen LogP contribution in [-0.2, 0) is 9.59 Å². The summed E-state index contributed by atoms with van der Waals surface area (Å²) in [7, 11) is 1.73. The fourth-order valence-corrected chi connectivity index (χ4v) is 1.90. The average molecular weight is 314 g/mol. The van der Waals surface area contributed by atoms with E-state index < -0.39 is 5.97 Å². The normalized spacial score (nSPS) is 12.0. The maximum absolute atomic E-state index is 12.0. The van der Waals surface area contributed by atoms with Gasteiger partial charge in [-0.2, -0.15) is 0 Å². The largest absolute Gasteiger partial charge is 0.481 e. The van der Waals surface area contributed by atoms with Gasteiger partial charge in [0, 0.05) is 19.3 Å². The number of carboxylic acid groups (broad SMARTS) is 1. The molecule has 1 aromatic rings. The van der Waals surface area contributed by atoms with E-state index in [0.717, 1.165) is 0 Å². The second-order valence-corrected chi connectivity index (χ2v) is 5.64. The zero-order valence-electron chi connectivity index (χ0n) is 12.3. The molecule has 0 aliphatic heterocycles. The van der Waals surface area contributed by atoms with Gasteiger partial charge in [0.25, 0.3) is 0 Å². The number of hydrogen-bond donors (Lipinski definition) is 2. The molecule has 0 aliphatic carbocycles. The molecule has 1 amide bonds. The molecule has 21 heavy (non-hydrogen) atoms. The van der Waals surface area contributed by atoms with Crippen molar-refractivity contribution in [2.24, 2.45) is 5.92 Å². The molecule has 1 unspecified atom stereocenters. The van der Waals surface area contributed by atoms with Crippen molar-refractivity contribution in [2.75, 3.05) is 18.5 Å². The van der Waals surface area contributed by atoms with Gasteiger partial charge in [0.1, 0.15) is 5.82 Å². The first kappa shape index (κ1) is 17.2. The van der Waals surface area contributed by atoms with E-state index in [-0.39, 0.29) is 30.8 Å². The van der Waals surface area contributed by atoms with E-state index in [0.29, 0.717) is 10.8 Å². The lowest BCUT2D eigenvalue weighted by molar-refractivity contribution is -0.138. The molecule has 0 saturated heterocycles. The lowest BCUT2D eigenvalue weighted by atomic mass is 10.0. The van der Waals surface area contributed by atoms with Gasteiger partial charge in [0.15, 0.2) is 0 Å². The maximum atomic E-state index is 12.0. The Labute approximate surface area is 129 Å². The zero-order chi connectivity index (χ0) is 16.0. The molecule has 0 fully saturated rings. The molecule has 6 nitrogen and oxygen atoms in total. The summed E-state index contributed by atoms with van der Waals surface area (Å²) in [6.45, 7) is 3.84. The number of carbonyl (C=O) groups is 2. The molecule has 0 saturated carbocycles. The third-order valence-electron chi connectivity index (χ3n) is 3.03. The van der Waals surface area contributed by atoms with Crippen LogP contribution in [0.3, 0.4) is 0 Å². The van der Waals surface area contributed by atoms with E-state index in [1.54, 1.807) is 24.1 Å². The van der Waals surface area contributed by atoms with Crippen LogP contribution in [0.25, 0.3) is 0 Å². The van der Waals surface area contributed by atoms with Crippen LogP contribution in [0.4, 0.5) is 5.82 Å². The van der Waals surface area contributed by atoms with E-state index in [4.69, 9.17) is 16.7 Å². The topological polar surface area (TPSA) is 82.5 Å². The highest BCUT2D eigenvalue weighted by molar-refractivity contribution is 6.30. The van der Waals surface area contributed by atoms with Crippen LogP contribution in [0.5, 0.6) is 0 Å². The van der Waals surface area contributed by atoms with Gasteiger partial charge >= 0.3 is 5.97 Å². The lowest BCUT2D eigenvalue weighted by Gasteiger charge is -2.23. The Morgan fingerprint density at radius 3 is 2.57 bits per heavy atom. The Morgan fingerprint density at radius 1 is 1.43 bits per heavy atom. The summed E-state index contributed by atoms with van der Waals surface area (Å²) in [6, 6.07) is 3.02. The van der Waals surface area contributed by atoms with Crippen molar-refractivity contribution in [2.45, 2.75) is 26.3 Å². The third kappa shape index (κ3) is 5.99. The Balaban J connectivity index is 2.58. The van der Waals surface area contributed by atoms with Crippen LogP contribution in [0.15, 0.2) is 18.3 Å². The summed E-state index contributed by atoms with van der Waals surface area (Å²) in [4.78, 5) is 28.6. The van der Waals surface area contributed by atoms with Crippen molar-refractivity contribution in [3.05, 3.63) is 23.4 Å². The van der Waals surface area contributed by atoms with Gasteiger partial charge in [0.2, 0.25) is 5.91 Å². The van der Waals surface area contributed by atoms with Crippen LogP contribution in [0, 0.1) is 5.92 Å². The summed E-state index contributed by atoms with van der Waals surface area (Å²) < 4.78 is 0. The van der Waals surface area contributed by atoms with Crippen LogP contribution in [-0.4, -0.2) is 41.6 Å². The molecule has 0 aromatic carbocycles. The molecule has 0 bridgehead atoms. The predicted octanol–water partition coefficient (Wildman–Crippen LogP) is 1.79. The molecule has 1 heterocycles. The van der Waals surface area contributed by atoms with Crippen molar-refractivity contribution in [3.63, 3.8) is 0 Å². The molecular weight excluding hydrogens is 294 g/mol. The molecule has 2 N–H and O–H groups in total. The molecule has 1 aromatic heterocycles. The van der Waals surface area contributed by atoms with Crippen LogP contribution < -0.4 is 10.2 Å². The van der Waals surface area contributed by atoms with Gasteiger partial charge < -0.3 is 15.3 Å². The second kappa shape index (κ2) is 7.83. The zero-order valence-corrected chi connectivity index (χ0v) is 13.1. The Kier molecular flexibility index (Phi) is 6.42. The number of carbonyl (C=O) groups excluding carboxylic acids is 1. The van der Waals surface area contributed by atoms with E-state index >= 15 is 0 Å². The number of rotatable bonds is 7. The monoisotopic (exact) mass is 313 g/mol. The number of hydrogen-bond acceptors (Lipinski definition) is 4. The summed E-state index contributed by atoms with van der Waals surface area (Å²) >= 11 is 5.76. The quantitative estimate of drug-likeness (QED) is 0.802. The SMILES string of the molecule is CC(C)C(CC(=O)O)NC(=O)CN(C)c1ccc(Cl)cn1. The first-order valence-electron chi connectivity index (χ1n) is 6.63. The maximum Gasteiger partial charge on any atom is 0.305 e. The molecule has 0 spiro atoms. The van der Waals surface area contributed by atoms with Crippen LogP contribution in [0.1, 0.15) is 20.3 Å². The van der Waals surface area contributed by atoms with Crippen molar-refractivity contribution in [3.8, 4) is 0 Å². The van der Waals surface area contributed by atoms with Crippen molar-refractivity contribution in [1.82, 2.24) is 10.3 Å². The predicted molar refractivity (Wildman–Crippen MR) is 81.5 cm³/mol. The highest BCUT2D eigenvalue weighted by atomic mass is 35.5. The van der Waals surface area contributed by atoms with E-state index in [1.807, 2.05) is 13.8 Å². The first-order chi connectivity index (χ1) is 9.79. The van der Waals surface area contributed by atoms with Gasteiger partial charge in [0.05, 0.1) is 18.0 Å². The highest BCUT2D eigenvalue weighted by Gasteiger charge is 2.20. The summed E-state index contributed by atoms with van der Waals surface area (Å²) in [5.74, 6) is -0.506. The Morgan fingerprint density at radius 2 is 2.10 bits per heavy atom.